The molecule has 0 unspecified atom stereocenters. The van der Waals surface area contributed by atoms with Gasteiger partial charge in [-0.2, -0.15) is 5.10 Å². The van der Waals surface area contributed by atoms with E-state index in [1.54, 1.807) is 16.8 Å². The fraction of sp³-hybridized carbons (Fsp3) is 0.632. The Hall–Kier alpha value is -2.19. The van der Waals surface area contributed by atoms with Crippen molar-refractivity contribution in [3.05, 3.63) is 33.9 Å². The number of nitrogens with one attached hydrogen (secondary N) is 2. The van der Waals surface area contributed by atoms with Gasteiger partial charge in [0, 0.05) is 37.3 Å². The maximum absolute atomic E-state index is 13.3. The molecule has 1 spiro atoms. The summed E-state index contributed by atoms with van der Waals surface area (Å²) < 4.78 is 7.25. The summed E-state index contributed by atoms with van der Waals surface area (Å²) in [6, 6.07) is 1.63. The molecule has 3 saturated heterocycles. The molecule has 0 bridgehead atoms. The maximum Gasteiger partial charge on any atom is 0.259 e. The van der Waals surface area contributed by atoms with Gasteiger partial charge in [-0.3, -0.25) is 9.59 Å². The Morgan fingerprint density at radius 3 is 2.70 bits per heavy atom. The number of rotatable bonds is 2. The normalized spacial score (nSPS) is 22.9. The molecule has 27 heavy (non-hydrogen) atoms. The molecule has 3 aliphatic heterocycles. The summed E-state index contributed by atoms with van der Waals surface area (Å²) in [5.41, 5.74) is 1.67. The van der Waals surface area contributed by atoms with Crippen LogP contribution in [0, 0.1) is 0 Å². The molecule has 2 aromatic heterocycles. The topological polar surface area (TPSA) is 91.7 Å². The molecule has 5 rings (SSSR count). The molecule has 0 atom stereocenters. The lowest BCUT2D eigenvalue weighted by Crippen LogP contribution is -2.64. The summed E-state index contributed by atoms with van der Waals surface area (Å²) in [7, 11) is 0. The van der Waals surface area contributed by atoms with Crippen molar-refractivity contribution in [2.24, 2.45) is 0 Å². The largest absolute Gasteiger partial charge is 0.381 e. The van der Waals surface area contributed by atoms with Crippen LogP contribution in [0.15, 0.2) is 17.1 Å². The van der Waals surface area contributed by atoms with E-state index in [9.17, 15) is 9.59 Å². The molecule has 3 fully saturated rings. The minimum atomic E-state index is -0.171. The van der Waals surface area contributed by atoms with E-state index in [1.807, 2.05) is 4.90 Å². The van der Waals surface area contributed by atoms with E-state index in [-0.39, 0.29) is 22.9 Å². The first-order valence-corrected chi connectivity index (χ1v) is 9.89. The number of carbonyl (C=O) groups excluding carboxylic acids is 1. The van der Waals surface area contributed by atoms with Crippen molar-refractivity contribution < 1.29 is 9.53 Å². The van der Waals surface area contributed by atoms with Crippen molar-refractivity contribution in [1.29, 1.82) is 0 Å². The molecule has 144 valence electrons. The van der Waals surface area contributed by atoms with Gasteiger partial charge >= 0.3 is 0 Å². The minimum absolute atomic E-state index is 0.0312. The number of nitrogens with zero attached hydrogens (tertiary/aromatic N) is 3. The number of piperidine rings is 1. The maximum atomic E-state index is 13.3. The van der Waals surface area contributed by atoms with Crippen molar-refractivity contribution in [3.63, 3.8) is 0 Å². The van der Waals surface area contributed by atoms with E-state index >= 15 is 0 Å². The molecule has 2 N–H and O–H groups in total. The molecule has 0 saturated carbocycles. The van der Waals surface area contributed by atoms with E-state index in [4.69, 9.17) is 4.74 Å². The third-order valence-electron chi connectivity index (χ3n) is 6.56. The molecule has 0 radical (unpaired) electrons. The summed E-state index contributed by atoms with van der Waals surface area (Å²) in [6.45, 7) is 4.04. The highest BCUT2D eigenvalue weighted by molar-refractivity contribution is 6.00. The van der Waals surface area contributed by atoms with Gasteiger partial charge in [-0.05, 0) is 45.2 Å². The number of ether oxygens (including phenoxy) is 1. The second-order valence-electron chi connectivity index (χ2n) is 7.94. The summed E-state index contributed by atoms with van der Waals surface area (Å²) in [4.78, 5) is 30.4. The van der Waals surface area contributed by atoms with E-state index in [2.05, 4.69) is 15.4 Å². The SMILES string of the molecule is O=C(c1cnn2c(C3CCNCC3)cc(=O)[nH]c12)N1CCC12CCOCC2. The van der Waals surface area contributed by atoms with Crippen LogP contribution in [-0.2, 0) is 4.74 Å². The van der Waals surface area contributed by atoms with Crippen molar-refractivity contribution in [2.75, 3.05) is 32.8 Å². The number of H-pyrrole nitrogens is 1. The Bertz CT molecular complexity index is 921. The van der Waals surface area contributed by atoms with Gasteiger partial charge in [-0.1, -0.05) is 0 Å². The van der Waals surface area contributed by atoms with E-state index in [0.29, 0.717) is 24.4 Å². The smallest absolute Gasteiger partial charge is 0.259 e. The predicted molar refractivity (Wildman–Crippen MR) is 99.1 cm³/mol. The van der Waals surface area contributed by atoms with Crippen LogP contribution in [0.25, 0.3) is 5.65 Å². The zero-order valence-corrected chi connectivity index (χ0v) is 15.4. The van der Waals surface area contributed by atoms with Gasteiger partial charge in [0.25, 0.3) is 11.5 Å². The van der Waals surface area contributed by atoms with Crippen LogP contribution in [0.1, 0.15) is 54.1 Å². The molecule has 0 aliphatic carbocycles. The molecule has 8 heteroatoms. The number of hydrogen-bond donors (Lipinski definition) is 2. The highest BCUT2D eigenvalue weighted by atomic mass is 16.5. The second kappa shape index (κ2) is 6.45. The fourth-order valence-electron chi connectivity index (χ4n) is 4.85. The Balaban J connectivity index is 1.52. The van der Waals surface area contributed by atoms with Crippen LogP contribution in [-0.4, -0.2) is 63.8 Å². The highest BCUT2D eigenvalue weighted by Crippen LogP contribution is 2.40. The summed E-state index contributed by atoms with van der Waals surface area (Å²) in [5.74, 6) is 0.251. The molecule has 0 aromatic carbocycles. The molecular weight excluding hydrogens is 346 g/mol. The van der Waals surface area contributed by atoms with Gasteiger partial charge in [0.05, 0.1) is 11.9 Å². The Kier molecular flexibility index (Phi) is 4.05. The molecule has 2 aromatic rings. The first-order chi connectivity index (χ1) is 13.2. The average Bonchev–Trinajstić information content (AvgIpc) is 3.11. The van der Waals surface area contributed by atoms with Crippen LogP contribution in [0.5, 0.6) is 0 Å². The average molecular weight is 371 g/mol. The van der Waals surface area contributed by atoms with E-state index < -0.39 is 0 Å². The molecule has 8 nitrogen and oxygen atoms in total. The van der Waals surface area contributed by atoms with Crippen molar-refractivity contribution in [2.45, 2.75) is 43.6 Å². The summed E-state index contributed by atoms with van der Waals surface area (Å²) in [6.07, 6.45) is 6.35. The van der Waals surface area contributed by atoms with Crippen LogP contribution >= 0.6 is 0 Å². The Labute approximate surface area is 156 Å². The lowest BCUT2D eigenvalue weighted by atomic mass is 9.77. The monoisotopic (exact) mass is 371 g/mol. The van der Waals surface area contributed by atoms with Gasteiger partial charge in [-0.15, -0.1) is 0 Å². The third-order valence-corrected chi connectivity index (χ3v) is 6.56. The number of likely N-dealkylation sites (tertiary alicyclic amines) is 1. The van der Waals surface area contributed by atoms with E-state index in [1.165, 1.54) is 0 Å². The van der Waals surface area contributed by atoms with Crippen LogP contribution in [0.4, 0.5) is 0 Å². The quantitative estimate of drug-likeness (QED) is 0.818. The lowest BCUT2D eigenvalue weighted by Gasteiger charge is -2.54. The van der Waals surface area contributed by atoms with Crippen molar-refractivity contribution in [1.82, 2.24) is 24.8 Å². The van der Waals surface area contributed by atoms with Crippen LogP contribution in [0.2, 0.25) is 0 Å². The zero-order valence-electron chi connectivity index (χ0n) is 15.4. The number of aromatic nitrogens is 3. The number of fused-ring (bicyclic) bond motifs is 1. The Morgan fingerprint density at radius 1 is 1.22 bits per heavy atom. The zero-order chi connectivity index (χ0) is 18.4. The molecular formula is C19H25N5O3. The van der Waals surface area contributed by atoms with Crippen LogP contribution < -0.4 is 10.9 Å². The fourth-order valence-corrected chi connectivity index (χ4v) is 4.85. The number of aromatic amines is 1. The van der Waals surface area contributed by atoms with Gasteiger partial charge in [0.1, 0.15) is 11.2 Å². The Morgan fingerprint density at radius 2 is 2.00 bits per heavy atom. The predicted octanol–water partition coefficient (Wildman–Crippen LogP) is 0.885. The minimum Gasteiger partial charge on any atom is -0.381 e. The van der Waals surface area contributed by atoms with Crippen molar-refractivity contribution in [3.8, 4) is 0 Å². The standard InChI is InChI=1S/C19H25N5O3/c25-16-11-15(13-1-6-20-7-2-13)24-17(22-16)14(12-21-24)18(26)23-8-3-19(23)4-9-27-10-5-19/h11-13,20H,1-10H2,(H,22,25). The summed E-state index contributed by atoms with van der Waals surface area (Å²) >= 11 is 0. The van der Waals surface area contributed by atoms with Gasteiger partial charge in [0.15, 0.2) is 0 Å². The van der Waals surface area contributed by atoms with Crippen LogP contribution in [0.3, 0.4) is 0 Å². The lowest BCUT2D eigenvalue weighted by molar-refractivity contribution is -0.0695. The third kappa shape index (κ3) is 2.70. The molecule has 5 heterocycles. The number of hydrogen-bond acceptors (Lipinski definition) is 5. The number of amides is 1. The number of carbonyl (C=O) groups is 1. The first-order valence-electron chi connectivity index (χ1n) is 9.89. The molecule has 1 amide bonds. The van der Waals surface area contributed by atoms with Crippen molar-refractivity contribution >= 4 is 11.6 Å². The highest BCUT2D eigenvalue weighted by Gasteiger charge is 2.48. The van der Waals surface area contributed by atoms with Gasteiger partial charge < -0.3 is 19.9 Å². The first kappa shape index (κ1) is 16.9. The van der Waals surface area contributed by atoms with Gasteiger partial charge in [0.2, 0.25) is 0 Å². The second-order valence-corrected chi connectivity index (χ2v) is 7.94. The summed E-state index contributed by atoms with van der Waals surface area (Å²) in [5, 5.41) is 7.83. The molecule has 3 aliphatic rings. The van der Waals surface area contributed by atoms with Gasteiger partial charge in [-0.25, -0.2) is 4.52 Å². The van der Waals surface area contributed by atoms with E-state index in [0.717, 1.165) is 57.4 Å².